The van der Waals surface area contributed by atoms with Gasteiger partial charge in [-0.1, -0.05) is 55.0 Å². The molecule has 0 unspecified atom stereocenters. The topological polar surface area (TPSA) is 55.3 Å². The summed E-state index contributed by atoms with van der Waals surface area (Å²) in [5.74, 6) is 0.928. The van der Waals surface area contributed by atoms with Gasteiger partial charge in [-0.3, -0.25) is 14.7 Å². The molecule has 164 valence electrons. The molecule has 0 N–H and O–H groups in total. The molecule has 7 heteroatoms. The fraction of sp³-hybridized carbons (Fsp3) is 0.240. The van der Waals surface area contributed by atoms with Gasteiger partial charge in [0.25, 0.3) is 5.91 Å². The van der Waals surface area contributed by atoms with Gasteiger partial charge in [0.2, 0.25) is 0 Å². The highest BCUT2D eigenvalue weighted by molar-refractivity contribution is 7.22. The van der Waals surface area contributed by atoms with Crippen LogP contribution >= 0.6 is 22.9 Å². The van der Waals surface area contributed by atoms with Crippen molar-refractivity contribution < 1.29 is 9.53 Å². The fourth-order valence-electron chi connectivity index (χ4n) is 3.31. The van der Waals surface area contributed by atoms with E-state index in [-0.39, 0.29) is 12.5 Å². The second kappa shape index (κ2) is 9.67. The van der Waals surface area contributed by atoms with Gasteiger partial charge in [0.15, 0.2) is 11.7 Å². The first kappa shape index (κ1) is 22.2. The van der Waals surface area contributed by atoms with E-state index in [1.165, 1.54) is 16.9 Å². The van der Waals surface area contributed by atoms with E-state index in [9.17, 15) is 4.79 Å². The van der Waals surface area contributed by atoms with Crippen molar-refractivity contribution in [3.05, 3.63) is 82.6 Å². The highest BCUT2D eigenvalue weighted by atomic mass is 35.5. The molecule has 0 aliphatic heterocycles. The van der Waals surface area contributed by atoms with Gasteiger partial charge >= 0.3 is 0 Å². The van der Waals surface area contributed by atoms with Gasteiger partial charge in [-0.05, 0) is 59.9 Å². The molecule has 0 atom stereocenters. The Hall–Kier alpha value is -2.96. The number of rotatable bonds is 7. The molecule has 2 heterocycles. The second-order valence-corrected chi connectivity index (χ2v) is 9.29. The van der Waals surface area contributed by atoms with Gasteiger partial charge in [0.05, 0.1) is 16.8 Å². The van der Waals surface area contributed by atoms with Crippen molar-refractivity contribution in [1.82, 2.24) is 9.97 Å². The summed E-state index contributed by atoms with van der Waals surface area (Å²) in [6.07, 6.45) is 3.46. The van der Waals surface area contributed by atoms with E-state index in [2.05, 4.69) is 18.8 Å². The van der Waals surface area contributed by atoms with Crippen molar-refractivity contribution >= 4 is 44.2 Å². The number of pyridine rings is 1. The lowest BCUT2D eigenvalue weighted by atomic mass is 10.0. The van der Waals surface area contributed by atoms with Crippen LogP contribution in [0.2, 0.25) is 5.02 Å². The molecule has 0 aliphatic carbocycles. The molecule has 32 heavy (non-hydrogen) atoms. The minimum Gasteiger partial charge on any atom is -0.484 e. The summed E-state index contributed by atoms with van der Waals surface area (Å²) in [4.78, 5) is 23.8. The smallest absolute Gasteiger partial charge is 0.267 e. The average Bonchev–Trinajstić information content (AvgIpc) is 3.24. The fourth-order valence-corrected chi connectivity index (χ4v) is 4.51. The van der Waals surface area contributed by atoms with Crippen LogP contribution in [0.3, 0.4) is 0 Å². The van der Waals surface area contributed by atoms with Crippen LogP contribution in [0.1, 0.15) is 36.5 Å². The zero-order valence-electron chi connectivity index (χ0n) is 18.2. The number of nitrogens with zero attached hydrogens (tertiary/aromatic N) is 3. The molecule has 2 aromatic heterocycles. The minimum atomic E-state index is -0.176. The Bertz CT molecular complexity index is 1220. The maximum atomic E-state index is 13.2. The van der Waals surface area contributed by atoms with Crippen LogP contribution in [0, 0.1) is 6.92 Å². The number of carbonyl (C=O) groups is 1. The zero-order chi connectivity index (χ0) is 22.7. The molecule has 0 radical (unpaired) electrons. The molecule has 5 nitrogen and oxygen atoms in total. The Morgan fingerprint density at radius 2 is 1.94 bits per heavy atom. The Labute approximate surface area is 196 Å². The van der Waals surface area contributed by atoms with E-state index in [1.54, 1.807) is 17.3 Å². The number of carbonyl (C=O) groups excluding carboxylic acids is 1. The van der Waals surface area contributed by atoms with Crippen LogP contribution in [0.15, 0.2) is 60.9 Å². The van der Waals surface area contributed by atoms with E-state index in [1.807, 2.05) is 55.5 Å². The highest BCUT2D eigenvalue weighted by Gasteiger charge is 2.22. The van der Waals surface area contributed by atoms with Crippen molar-refractivity contribution in [2.24, 2.45) is 0 Å². The number of anilines is 1. The van der Waals surface area contributed by atoms with Gasteiger partial charge in [-0.2, -0.15) is 0 Å². The molecule has 0 fully saturated rings. The zero-order valence-corrected chi connectivity index (χ0v) is 19.8. The summed E-state index contributed by atoms with van der Waals surface area (Å²) in [6, 6.07) is 15.4. The first-order chi connectivity index (χ1) is 15.4. The number of ether oxygens (including phenoxy) is 1. The number of hydrogen-bond acceptors (Lipinski definition) is 5. The molecule has 0 aliphatic rings. The number of halogens is 1. The van der Waals surface area contributed by atoms with Crippen LogP contribution < -0.4 is 9.64 Å². The number of amides is 1. The van der Waals surface area contributed by atoms with Gasteiger partial charge in [0, 0.05) is 17.4 Å². The summed E-state index contributed by atoms with van der Waals surface area (Å²) in [5, 5.41) is 1.27. The maximum Gasteiger partial charge on any atom is 0.267 e. The van der Waals surface area contributed by atoms with Crippen molar-refractivity contribution in [3.63, 3.8) is 0 Å². The molecule has 4 rings (SSSR count). The molecule has 0 saturated heterocycles. The van der Waals surface area contributed by atoms with Crippen LogP contribution in [-0.2, 0) is 11.3 Å². The molecule has 0 spiro atoms. The van der Waals surface area contributed by atoms with E-state index in [0.717, 1.165) is 21.3 Å². The van der Waals surface area contributed by atoms with E-state index in [4.69, 9.17) is 21.3 Å². The van der Waals surface area contributed by atoms with E-state index >= 15 is 0 Å². The lowest BCUT2D eigenvalue weighted by molar-refractivity contribution is -0.120. The van der Waals surface area contributed by atoms with E-state index in [0.29, 0.717) is 28.4 Å². The first-order valence-corrected chi connectivity index (χ1v) is 11.6. The second-order valence-electron chi connectivity index (χ2n) is 7.87. The predicted octanol–water partition coefficient (Wildman–Crippen LogP) is 6.39. The summed E-state index contributed by atoms with van der Waals surface area (Å²) >= 11 is 7.73. The number of benzene rings is 2. The van der Waals surface area contributed by atoms with Crippen molar-refractivity contribution in [1.29, 1.82) is 0 Å². The average molecular weight is 466 g/mol. The molecule has 0 bridgehead atoms. The number of aromatic nitrogens is 2. The summed E-state index contributed by atoms with van der Waals surface area (Å²) in [7, 11) is 0. The molecule has 4 aromatic rings. The summed E-state index contributed by atoms with van der Waals surface area (Å²) < 4.78 is 6.79. The summed E-state index contributed by atoms with van der Waals surface area (Å²) in [6.45, 7) is 6.49. The molecule has 0 saturated carbocycles. The minimum absolute atomic E-state index is 0.0864. The Morgan fingerprint density at radius 3 is 2.62 bits per heavy atom. The quantitative estimate of drug-likeness (QED) is 0.317. The third kappa shape index (κ3) is 4.92. The van der Waals surface area contributed by atoms with Gasteiger partial charge in [-0.15, -0.1) is 0 Å². The standard InChI is InChI=1S/C25H24ClN3O2S/c1-16(2)19-6-8-20(9-7-19)31-15-23(30)29(14-18-5-4-12-27-13-18)25-28-24-17(3)21(26)10-11-22(24)32-25/h4-13,16H,14-15H2,1-3H3. The van der Waals surface area contributed by atoms with Gasteiger partial charge in [-0.25, -0.2) is 4.98 Å². The lowest BCUT2D eigenvalue weighted by Gasteiger charge is -2.20. The molecular formula is C25H24ClN3O2S. The van der Waals surface area contributed by atoms with Crippen molar-refractivity contribution in [2.45, 2.75) is 33.2 Å². The summed E-state index contributed by atoms with van der Waals surface area (Å²) in [5.41, 5.74) is 3.86. The Balaban J connectivity index is 1.59. The number of hydrogen-bond donors (Lipinski definition) is 0. The first-order valence-electron chi connectivity index (χ1n) is 10.4. The number of thiazole rings is 1. The van der Waals surface area contributed by atoms with Gasteiger partial charge in [0.1, 0.15) is 5.75 Å². The SMILES string of the molecule is Cc1c(Cl)ccc2sc(N(Cc3cccnc3)C(=O)COc3ccc(C(C)C)cc3)nc12. The van der Waals surface area contributed by atoms with E-state index < -0.39 is 0 Å². The largest absolute Gasteiger partial charge is 0.484 e. The van der Waals surface area contributed by atoms with Crippen LogP contribution in [0.25, 0.3) is 10.2 Å². The van der Waals surface area contributed by atoms with Gasteiger partial charge < -0.3 is 4.74 Å². The van der Waals surface area contributed by atoms with Crippen LogP contribution in [0.4, 0.5) is 5.13 Å². The molecule has 1 amide bonds. The number of fused-ring (bicyclic) bond motifs is 1. The highest BCUT2D eigenvalue weighted by Crippen LogP contribution is 2.34. The van der Waals surface area contributed by atoms with Crippen LogP contribution in [0.5, 0.6) is 5.75 Å². The predicted molar refractivity (Wildman–Crippen MR) is 131 cm³/mol. The third-order valence-corrected chi connectivity index (χ3v) is 6.69. The Morgan fingerprint density at radius 1 is 1.16 bits per heavy atom. The van der Waals surface area contributed by atoms with Crippen molar-refractivity contribution in [2.75, 3.05) is 11.5 Å². The third-order valence-electron chi connectivity index (χ3n) is 5.24. The Kier molecular flexibility index (Phi) is 6.72. The van der Waals surface area contributed by atoms with Crippen molar-refractivity contribution in [3.8, 4) is 5.75 Å². The van der Waals surface area contributed by atoms with Crippen LogP contribution in [-0.4, -0.2) is 22.5 Å². The maximum absolute atomic E-state index is 13.2. The number of aryl methyl sites for hydroxylation is 1. The molecular weight excluding hydrogens is 442 g/mol. The lowest BCUT2D eigenvalue weighted by Crippen LogP contribution is -2.34. The normalized spacial score (nSPS) is 11.2. The monoisotopic (exact) mass is 465 g/mol. The molecule has 2 aromatic carbocycles.